The highest BCUT2D eigenvalue weighted by molar-refractivity contribution is 5.92. The fourth-order valence-corrected chi connectivity index (χ4v) is 5.01. The summed E-state index contributed by atoms with van der Waals surface area (Å²) in [6.45, 7) is 1.03. The number of fused-ring (bicyclic) bond motifs is 1. The normalized spacial score (nSPS) is 18.1. The van der Waals surface area contributed by atoms with Crippen LogP contribution in [0, 0.1) is 0 Å². The third-order valence-electron chi connectivity index (χ3n) is 6.83. The van der Waals surface area contributed by atoms with Crippen LogP contribution in [0.25, 0.3) is 0 Å². The molecule has 6 heteroatoms. The first-order valence-electron chi connectivity index (χ1n) is 12.2. The zero-order chi connectivity index (χ0) is 22.5. The molecule has 0 N–H and O–H groups in total. The molecule has 0 saturated carbocycles. The fourth-order valence-electron chi connectivity index (χ4n) is 5.01. The van der Waals surface area contributed by atoms with Crippen molar-refractivity contribution in [3.63, 3.8) is 0 Å². The summed E-state index contributed by atoms with van der Waals surface area (Å²) in [4.78, 5) is 19.6. The monoisotopic (exact) mass is 445 g/mol. The molecule has 0 spiro atoms. The molecular weight excluding hydrogens is 414 g/mol. The summed E-state index contributed by atoms with van der Waals surface area (Å²) in [6, 6.07) is 14.2. The maximum absolute atomic E-state index is 13.2. The number of likely N-dealkylation sites (tertiary alicyclic amines) is 1. The molecule has 0 radical (unpaired) electrons. The van der Waals surface area contributed by atoms with Crippen LogP contribution >= 0.6 is 0 Å². The minimum absolute atomic E-state index is 0.0514. The van der Waals surface area contributed by atoms with Gasteiger partial charge in [-0.25, -0.2) is 0 Å². The lowest BCUT2D eigenvalue weighted by atomic mass is 9.92. The molecule has 1 amide bonds. The van der Waals surface area contributed by atoms with Gasteiger partial charge in [0.25, 0.3) is 5.91 Å². The number of piperidine rings is 1. The topological polar surface area (TPSA) is 68.5 Å². The van der Waals surface area contributed by atoms with Crippen LogP contribution in [0.5, 0.6) is 5.75 Å². The van der Waals surface area contributed by atoms with E-state index < -0.39 is 0 Å². The summed E-state index contributed by atoms with van der Waals surface area (Å²) in [7, 11) is 0. The molecule has 1 atom stereocenters. The van der Waals surface area contributed by atoms with E-state index in [1.165, 1.54) is 24.0 Å². The van der Waals surface area contributed by atoms with Crippen LogP contribution in [0.3, 0.4) is 0 Å². The van der Waals surface area contributed by atoms with Crippen LogP contribution in [0.15, 0.2) is 53.2 Å². The lowest BCUT2D eigenvalue weighted by Crippen LogP contribution is -2.44. The van der Waals surface area contributed by atoms with Crippen molar-refractivity contribution in [2.45, 2.75) is 70.4 Å². The Balaban J connectivity index is 1.19. The highest BCUT2D eigenvalue weighted by Gasteiger charge is 2.29. The average Bonchev–Trinajstić information content (AvgIpc) is 3.36. The van der Waals surface area contributed by atoms with Gasteiger partial charge in [-0.05, 0) is 93.2 Å². The molecule has 5 rings (SSSR count). The van der Waals surface area contributed by atoms with Gasteiger partial charge < -0.3 is 14.2 Å². The van der Waals surface area contributed by atoms with E-state index in [0.29, 0.717) is 11.5 Å². The Hall–Kier alpha value is -3.15. The van der Waals surface area contributed by atoms with E-state index in [4.69, 9.17) is 9.26 Å². The van der Waals surface area contributed by atoms with Crippen molar-refractivity contribution < 1.29 is 14.1 Å². The number of rotatable bonds is 7. The molecule has 33 heavy (non-hydrogen) atoms. The smallest absolute Gasteiger partial charge is 0.276 e. The zero-order valence-corrected chi connectivity index (χ0v) is 19.0. The Kier molecular flexibility index (Phi) is 6.70. The Labute approximate surface area is 194 Å². The van der Waals surface area contributed by atoms with Crippen molar-refractivity contribution in [2.24, 2.45) is 0 Å². The summed E-state index contributed by atoms with van der Waals surface area (Å²) in [5.41, 5.74) is 4.25. The molecule has 1 unspecified atom stereocenters. The number of aromatic nitrogens is 2. The summed E-state index contributed by atoms with van der Waals surface area (Å²) < 4.78 is 11.4. The quantitative estimate of drug-likeness (QED) is 0.503. The van der Waals surface area contributed by atoms with Crippen LogP contribution in [-0.2, 0) is 25.9 Å². The first-order valence-corrected chi connectivity index (χ1v) is 12.2. The second kappa shape index (κ2) is 10.2. The van der Waals surface area contributed by atoms with Gasteiger partial charge in [-0.3, -0.25) is 9.78 Å². The van der Waals surface area contributed by atoms with Crippen molar-refractivity contribution in [2.75, 3.05) is 6.54 Å². The van der Waals surface area contributed by atoms with Crippen molar-refractivity contribution in [3.05, 3.63) is 76.9 Å². The van der Waals surface area contributed by atoms with Gasteiger partial charge in [0.05, 0.1) is 0 Å². The predicted molar refractivity (Wildman–Crippen MR) is 125 cm³/mol. The summed E-state index contributed by atoms with van der Waals surface area (Å²) in [5.74, 6) is 1.35. The number of carbonyl (C=O) groups excluding carboxylic acids is 1. The first kappa shape index (κ1) is 21.7. The summed E-state index contributed by atoms with van der Waals surface area (Å²) in [5, 5.41) is 4.07. The number of pyridine rings is 1. The van der Waals surface area contributed by atoms with E-state index >= 15 is 0 Å². The number of ether oxygens (including phenoxy) is 1. The molecule has 1 fully saturated rings. The number of benzene rings is 1. The average molecular weight is 446 g/mol. The Morgan fingerprint density at radius 1 is 1.06 bits per heavy atom. The molecule has 2 aliphatic rings. The second-order valence-electron chi connectivity index (χ2n) is 9.11. The lowest BCUT2D eigenvalue weighted by Gasteiger charge is -2.35. The molecule has 3 aromatic rings. The minimum atomic E-state index is -0.0514. The van der Waals surface area contributed by atoms with Crippen molar-refractivity contribution >= 4 is 5.91 Å². The van der Waals surface area contributed by atoms with Crippen LogP contribution < -0.4 is 4.74 Å². The van der Waals surface area contributed by atoms with E-state index in [0.717, 1.165) is 62.9 Å². The highest BCUT2D eigenvalue weighted by Crippen LogP contribution is 2.26. The largest absolute Gasteiger partial charge is 0.486 e. The van der Waals surface area contributed by atoms with Gasteiger partial charge >= 0.3 is 0 Å². The van der Waals surface area contributed by atoms with Crippen molar-refractivity contribution in [3.8, 4) is 5.75 Å². The molecule has 1 aliphatic heterocycles. The standard InChI is InChI=1S/C27H31N3O3/c31-27(30-16-6-4-10-23(30)13-12-22-9-3-5-15-28-22)26-18-25(33-29-26)19-32-24-14-11-20-7-1-2-8-21(20)17-24/h3,5,9,11,14-15,17-18,23H,1-2,4,6-8,10,12-13,16,19H2. The van der Waals surface area contributed by atoms with Gasteiger partial charge in [0.2, 0.25) is 0 Å². The Bertz CT molecular complexity index is 1080. The van der Waals surface area contributed by atoms with E-state index in [1.807, 2.05) is 35.4 Å². The molecule has 2 aromatic heterocycles. The van der Waals surface area contributed by atoms with Crippen LogP contribution in [0.2, 0.25) is 0 Å². The molecule has 0 bridgehead atoms. The first-order chi connectivity index (χ1) is 16.3. The summed E-state index contributed by atoms with van der Waals surface area (Å²) in [6.07, 6.45) is 11.6. The number of amides is 1. The fraction of sp³-hybridized carbons (Fsp3) is 0.444. The van der Waals surface area contributed by atoms with E-state index in [1.54, 1.807) is 6.07 Å². The zero-order valence-electron chi connectivity index (χ0n) is 19.0. The highest BCUT2D eigenvalue weighted by atomic mass is 16.5. The van der Waals surface area contributed by atoms with Gasteiger partial charge in [-0.2, -0.15) is 0 Å². The van der Waals surface area contributed by atoms with Crippen LogP contribution in [0.4, 0.5) is 0 Å². The van der Waals surface area contributed by atoms with Gasteiger partial charge in [0, 0.05) is 30.5 Å². The number of aryl methyl sites for hydroxylation is 3. The van der Waals surface area contributed by atoms with Crippen molar-refractivity contribution in [1.29, 1.82) is 0 Å². The van der Waals surface area contributed by atoms with Gasteiger partial charge in [0.1, 0.15) is 12.4 Å². The number of nitrogens with zero attached hydrogens (tertiary/aromatic N) is 3. The van der Waals surface area contributed by atoms with Crippen molar-refractivity contribution in [1.82, 2.24) is 15.0 Å². The van der Waals surface area contributed by atoms with Gasteiger partial charge in [-0.15, -0.1) is 0 Å². The second-order valence-corrected chi connectivity index (χ2v) is 9.11. The third kappa shape index (κ3) is 5.27. The molecular formula is C27H31N3O3. The molecule has 1 saturated heterocycles. The molecule has 172 valence electrons. The summed E-state index contributed by atoms with van der Waals surface area (Å²) >= 11 is 0. The lowest BCUT2D eigenvalue weighted by molar-refractivity contribution is 0.0591. The van der Waals surface area contributed by atoms with Crippen LogP contribution in [-0.4, -0.2) is 33.5 Å². The van der Waals surface area contributed by atoms with Gasteiger partial charge in [0.15, 0.2) is 11.5 Å². The third-order valence-corrected chi connectivity index (χ3v) is 6.83. The minimum Gasteiger partial charge on any atom is -0.486 e. The van der Waals surface area contributed by atoms with E-state index in [-0.39, 0.29) is 18.6 Å². The predicted octanol–water partition coefficient (Wildman–Crippen LogP) is 5.15. The maximum Gasteiger partial charge on any atom is 0.276 e. The number of hydrogen-bond donors (Lipinski definition) is 0. The van der Waals surface area contributed by atoms with Gasteiger partial charge in [-0.1, -0.05) is 17.3 Å². The van der Waals surface area contributed by atoms with Crippen LogP contribution in [0.1, 0.15) is 71.6 Å². The number of hydrogen-bond acceptors (Lipinski definition) is 5. The Morgan fingerprint density at radius 2 is 1.97 bits per heavy atom. The Morgan fingerprint density at radius 3 is 2.85 bits per heavy atom. The molecule has 1 aliphatic carbocycles. The SMILES string of the molecule is O=C(c1cc(COc2ccc3c(c2)CCCC3)on1)N1CCCCC1CCc1ccccn1. The molecule has 6 nitrogen and oxygen atoms in total. The maximum atomic E-state index is 13.2. The van der Waals surface area contributed by atoms with E-state index in [9.17, 15) is 4.79 Å². The molecule has 3 heterocycles. The molecule has 1 aromatic carbocycles. The van der Waals surface area contributed by atoms with E-state index in [2.05, 4.69) is 22.3 Å². The number of carbonyl (C=O) groups is 1.